The molecule has 0 radical (unpaired) electrons. The summed E-state index contributed by atoms with van der Waals surface area (Å²) in [6.45, 7) is 12.3. The van der Waals surface area contributed by atoms with E-state index in [1.807, 2.05) is 30.9 Å². The van der Waals surface area contributed by atoms with Crippen molar-refractivity contribution in [3.63, 3.8) is 0 Å². The molecule has 1 aromatic rings. The minimum Gasteiger partial charge on any atom is -0.484 e. The third-order valence-corrected chi connectivity index (χ3v) is 4.00. The molecule has 1 aromatic carbocycles. The van der Waals surface area contributed by atoms with Gasteiger partial charge in [-0.3, -0.25) is 4.79 Å². The van der Waals surface area contributed by atoms with Crippen molar-refractivity contribution in [1.29, 1.82) is 0 Å². The van der Waals surface area contributed by atoms with E-state index in [1.54, 1.807) is 0 Å². The van der Waals surface area contributed by atoms with Gasteiger partial charge >= 0.3 is 0 Å². The first-order valence-corrected chi connectivity index (χ1v) is 7.93. The second-order valence-corrected chi connectivity index (χ2v) is 6.89. The molecule has 0 N–H and O–H groups in total. The van der Waals surface area contributed by atoms with Gasteiger partial charge in [0.05, 0.1) is 12.2 Å². The third-order valence-electron chi connectivity index (χ3n) is 4.00. The van der Waals surface area contributed by atoms with Gasteiger partial charge in [0.2, 0.25) is 0 Å². The lowest BCUT2D eigenvalue weighted by atomic mass is 9.98. The molecular formula is C18H27NO3. The number of carbonyl (C=O) groups is 1. The van der Waals surface area contributed by atoms with Gasteiger partial charge in [0, 0.05) is 13.1 Å². The number of benzene rings is 1. The van der Waals surface area contributed by atoms with Gasteiger partial charge in [-0.15, -0.1) is 0 Å². The van der Waals surface area contributed by atoms with Crippen molar-refractivity contribution in [2.45, 2.75) is 46.1 Å². The number of carbonyl (C=O) groups excluding carboxylic acids is 1. The molecule has 0 unspecified atom stereocenters. The second-order valence-electron chi connectivity index (χ2n) is 6.89. The highest BCUT2D eigenvalue weighted by Crippen LogP contribution is 2.23. The molecule has 0 aromatic heterocycles. The molecule has 0 spiro atoms. The van der Waals surface area contributed by atoms with Crippen molar-refractivity contribution in [3.05, 3.63) is 29.3 Å². The Morgan fingerprint density at radius 1 is 1.41 bits per heavy atom. The molecule has 0 aliphatic carbocycles. The maximum atomic E-state index is 12.3. The van der Waals surface area contributed by atoms with Crippen molar-refractivity contribution in [3.8, 4) is 5.75 Å². The number of amides is 1. The Labute approximate surface area is 133 Å². The maximum absolute atomic E-state index is 12.3. The summed E-state index contributed by atoms with van der Waals surface area (Å²) in [6.07, 6.45) is 0. The molecule has 1 saturated heterocycles. The van der Waals surface area contributed by atoms with Gasteiger partial charge in [-0.2, -0.15) is 0 Å². The number of rotatable bonds is 4. The Hall–Kier alpha value is -1.55. The molecule has 0 saturated carbocycles. The Kier molecular flexibility index (Phi) is 5.12. The van der Waals surface area contributed by atoms with Crippen LogP contribution in [0.5, 0.6) is 5.75 Å². The highest BCUT2D eigenvalue weighted by Gasteiger charge is 2.29. The third kappa shape index (κ3) is 4.23. The average molecular weight is 305 g/mol. The Morgan fingerprint density at radius 2 is 2.14 bits per heavy atom. The molecular weight excluding hydrogens is 278 g/mol. The summed E-state index contributed by atoms with van der Waals surface area (Å²) in [5.41, 5.74) is 2.24. The fourth-order valence-corrected chi connectivity index (χ4v) is 2.85. The molecule has 4 nitrogen and oxygen atoms in total. The summed E-state index contributed by atoms with van der Waals surface area (Å²) in [5.74, 6) is 1.26. The van der Waals surface area contributed by atoms with Gasteiger partial charge in [-0.1, -0.05) is 19.9 Å². The van der Waals surface area contributed by atoms with Crippen LogP contribution in [0.15, 0.2) is 18.2 Å². The van der Waals surface area contributed by atoms with Crippen LogP contribution in [0.1, 0.15) is 44.7 Å². The number of morpholine rings is 1. The lowest BCUT2D eigenvalue weighted by Gasteiger charge is -2.38. The minimum absolute atomic E-state index is 0.0157. The lowest BCUT2D eigenvalue weighted by molar-refractivity contribution is -0.147. The summed E-state index contributed by atoms with van der Waals surface area (Å²) in [5, 5.41) is 0. The number of nitrogens with zero attached hydrogens (tertiary/aromatic N) is 1. The van der Waals surface area contributed by atoms with Crippen molar-refractivity contribution in [2.24, 2.45) is 0 Å². The first-order valence-electron chi connectivity index (χ1n) is 7.93. The molecule has 122 valence electrons. The topological polar surface area (TPSA) is 38.8 Å². The molecule has 22 heavy (non-hydrogen) atoms. The van der Waals surface area contributed by atoms with E-state index in [2.05, 4.69) is 26.8 Å². The van der Waals surface area contributed by atoms with E-state index in [1.165, 1.54) is 11.1 Å². The minimum atomic E-state index is -0.274. The molecule has 0 atom stereocenters. The van der Waals surface area contributed by atoms with E-state index in [0.29, 0.717) is 25.6 Å². The molecule has 2 rings (SSSR count). The Morgan fingerprint density at radius 3 is 2.73 bits per heavy atom. The Balaban J connectivity index is 1.92. The summed E-state index contributed by atoms with van der Waals surface area (Å²) < 4.78 is 11.3. The molecule has 1 amide bonds. The van der Waals surface area contributed by atoms with Crippen LogP contribution in [0, 0.1) is 6.92 Å². The predicted octanol–water partition coefficient (Wildman–Crippen LogP) is 3.13. The van der Waals surface area contributed by atoms with Crippen LogP contribution in [-0.2, 0) is 9.53 Å². The summed E-state index contributed by atoms with van der Waals surface area (Å²) in [4.78, 5) is 14.1. The van der Waals surface area contributed by atoms with Crippen molar-refractivity contribution < 1.29 is 14.3 Å². The fourth-order valence-electron chi connectivity index (χ4n) is 2.85. The molecule has 1 aliphatic heterocycles. The largest absolute Gasteiger partial charge is 0.484 e. The molecule has 1 heterocycles. The second kappa shape index (κ2) is 6.69. The number of ether oxygens (including phenoxy) is 2. The summed E-state index contributed by atoms with van der Waals surface area (Å²) in [6, 6.07) is 6.03. The summed E-state index contributed by atoms with van der Waals surface area (Å²) >= 11 is 0. The molecule has 0 bridgehead atoms. The first-order chi connectivity index (χ1) is 10.3. The van der Waals surface area contributed by atoms with Crippen LogP contribution in [0.2, 0.25) is 0 Å². The molecule has 1 aliphatic rings. The normalized spacial score (nSPS) is 17.6. The average Bonchev–Trinajstić information content (AvgIpc) is 2.43. The Bertz CT molecular complexity index is 537. The zero-order chi connectivity index (χ0) is 16.3. The zero-order valence-corrected chi connectivity index (χ0v) is 14.3. The van der Waals surface area contributed by atoms with Crippen molar-refractivity contribution in [1.82, 2.24) is 4.90 Å². The van der Waals surface area contributed by atoms with E-state index in [-0.39, 0.29) is 18.1 Å². The van der Waals surface area contributed by atoms with E-state index in [4.69, 9.17) is 9.47 Å². The monoisotopic (exact) mass is 305 g/mol. The van der Waals surface area contributed by atoms with Crippen LogP contribution in [0.3, 0.4) is 0 Å². The molecule has 4 heteroatoms. The zero-order valence-electron chi connectivity index (χ0n) is 14.3. The maximum Gasteiger partial charge on any atom is 0.260 e. The SMILES string of the molecule is Cc1cc(OCC(=O)N2CCOC(C)(C)C2)ccc1C(C)C. The smallest absolute Gasteiger partial charge is 0.260 e. The number of hydrogen-bond acceptors (Lipinski definition) is 3. The standard InChI is InChI=1S/C18H27NO3/c1-13(2)16-7-6-15(10-14(16)3)21-11-17(20)19-8-9-22-18(4,5)12-19/h6-7,10,13H,8-9,11-12H2,1-5H3. The van der Waals surface area contributed by atoms with Gasteiger partial charge in [0.1, 0.15) is 5.75 Å². The lowest BCUT2D eigenvalue weighted by Crippen LogP contribution is -2.51. The highest BCUT2D eigenvalue weighted by atomic mass is 16.5. The van der Waals surface area contributed by atoms with E-state index >= 15 is 0 Å². The fraction of sp³-hybridized carbons (Fsp3) is 0.611. The number of hydrogen-bond donors (Lipinski definition) is 0. The van der Waals surface area contributed by atoms with Gasteiger partial charge in [0.25, 0.3) is 5.91 Å². The predicted molar refractivity (Wildman–Crippen MR) is 87.4 cm³/mol. The van der Waals surface area contributed by atoms with Gasteiger partial charge < -0.3 is 14.4 Å². The van der Waals surface area contributed by atoms with Crippen LogP contribution in [0.25, 0.3) is 0 Å². The van der Waals surface area contributed by atoms with E-state index in [9.17, 15) is 4.79 Å². The quantitative estimate of drug-likeness (QED) is 0.858. The van der Waals surface area contributed by atoms with Crippen molar-refractivity contribution >= 4 is 5.91 Å². The van der Waals surface area contributed by atoms with Crippen molar-refractivity contribution in [2.75, 3.05) is 26.3 Å². The summed E-state index contributed by atoms with van der Waals surface area (Å²) in [7, 11) is 0. The van der Waals surface area contributed by atoms with E-state index < -0.39 is 0 Å². The first kappa shape index (κ1) is 16.8. The van der Waals surface area contributed by atoms with Crippen LogP contribution >= 0.6 is 0 Å². The molecule has 1 fully saturated rings. The van der Waals surface area contributed by atoms with Crippen LogP contribution < -0.4 is 4.74 Å². The van der Waals surface area contributed by atoms with Gasteiger partial charge in [-0.25, -0.2) is 0 Å². The highest BCUT2D eigenvalue weighted by molar-refractivity contribution is 5.78. The van der Waals surface area contributed by atoms with Gasteiger partial charge in [0.15, 0.2) is 6.61 Å². The van der Waals surface area contributed by atoms with Gasteiger partial charge in [-0.05, 0) is 49.9 Å². The van der Waals surface area contributed by atoms with Crippen LogP contribution in [0.4, 0.5) is 0 Å². The van der Waals surface area contributed by atoms with E-state index in [0.717, 1.165) is 5.75 Å². The van der Waals surface area contributed by atoms with Crippen LogP contribution in [-0.4, -0.2) is 42.7 Å². The number of aryl methyl sites for hydroxylation is 1.